The van der Waals surface area contributed by atoms with E-state index in [1.807, 2.05) is 0 Å². The molecule has 0 aliphatic heterocycles. The minimum absolute atomic E-state index is 0.0799. The molecule has 6 heteroatoms. The van der Waals surface area contributed by atoms with Crippen molar-refractivity contribution in [1.82, 2.24) is 5.32 Å². The van der Waals surface area contributed by atoms with E-state index in [0.29, 0.717) is 18.7 Å². The molecule has 0 radical (unpaired) electrons. The lowest BCUT2D eigenvalue weighted by molar-refractivity contribution is -0.137. The van der Waals surface area contributed by atoms with Crippen LogP contribution in [0, 0.1) is 0 Å². The van der Waals surface area contributed by atoms with E-state index in [4.69, 9.17) is 14.2 Å². The van der Waals surface area contributed by atoms with Gasteiger partial charge in [-0.1, -0.05) is 0 Å². The second-order valence-corrected chi connectivity index (χ2v) is 3.88. The summed E-state index contributed by atoms with van der Waals surface area (Å²) in [5.41, 5.74) is 0.655. The fourth-order valence-electron chi connectivity index (χ4n) is 1.48. The van der Waals surface area contributed by atoms with Crippen molar-refractivity contribution in [3.63, 3.8) is 0 Å². The molecule has 110 valence electrons. The minimum Gasteiger partial charge on any atom is -0.502 e. The third kappa shape index (κ3) is 4.47. The summed E-state index contributed by atoms with van der Waals surface area (Å²) in [5, 5.41) is 12.6. The fraction of sp³-hybridized carbons (Fsp3) is 0.357. The van der Waals surface area contributed by atoms with Gasteiger partial charge in [0.05, 0.1) is 14.2 Å². The van der Waals surface area contributed by atoms with Gasteiger partial charge in [0, 0.05) is 12.6 Å². The molecule has 0 saturated heterocycles. The summed E-state index contributed by atoms with van der Waals surface area (Å²) in [5.74, 6) is 0.0232. The molecular weight excluding hydrogens is 262 g/mol. The molecule has 0 aliphatic carbocycles. The first-order valence-corrected chi connectivity index (χ1v) is 6.06. The Morgan fingerprint density at radius 1 is 1.30 bits per heavy atom. The van der Waals surface area contributed by atoms with Crippen molar-refractivity contribution in [3.05, 3.63) is 23.8 Å². The summed E-state index contributed by atoms with van der Waals surface area (Å²) < 4.78 is 15.0. The number of carbonyl (C=O) groups is 1. The minimum atomic E-state index is -0.439. The molecule has 0 bridgehead atoms. The molecule has 0 amide bonds. The van der Waals surface area contributed by atoms with E-state index >= 15 is 0 Å². The molecule has 0 fully saturated rings. The van der Waals surface area contributed by atoms with E-state index < -0.39 is 5.97 Å². The maximum absolute atomic E-state index is 11.4. The summed E-state index contributed by atoms with van der Waals surface area (Å²) in [6.07, 6.45) is 2.87. The Labute approximate surface area is 118 Å². The first kappa shape index (κ1) is 15.8. The molecule has 1 aromatic carbocycles. The van der Waals surface area contributed by atoms with Crippen LogP contribution in [0.5, 0.6) is 17.2 Å². The number of phenolic OH excluding ortho intramolecular Hbond substituents is 1. The maximum Gasteiger partial charge on any atom is 0.330 e. The number of hydrogen-bond donors (Lipinski definition) is 2. The molecule has 1 rings (SSSR count). The Bertz CT molecular complexity index is 459. The van der Waals surface area contributed by atoms with Gasteiger partial charge in [0.25, 0.3) is 0 Å². The summed E-state index contributed by atoms with van der Waals surface area (Å²) in [6.45, 7) is 0.905. The van der Waals surface area contributed by atoms with E-state index in [2.05, 4.69) is 5.32 Å². The third-order valence-corrected chi connectivity index (χ3v) is 2.51. The van der Waals surface area contributed by atoms with Crippen LogP contribution < -0.4 is 14.8 Å². The average molecular weight is 281 g/mol. The van der Waals surface area contributed by atoms with Crippen molar-refractivity contribution in [2.75, 3.05) is 34.4 Å². The van der Waals surface area contributed by atoms with Gasteiger partial charge in [0.1, 0.15) is 6.61 Å². The van der Waals surface area contributed by atoms with Crippen LogP contribution in [0.2, 0.25) is 0 Å². The van der Waals surface area contributed by atoms with Gasteiger partial charge >= 0.3 is 5.97 Å². The second-order valence-electron chi connectivity index (χ2n) is 3.88. The number of methoxy groups -OCH3 is 2. The predicted octanol–water partition coefficient (Wildman–Crippen LogP) is 1.19. The largest absolute Gasteiger partial charge is 0.502 e. The molecule has 1 aromatic rings. The standard InChI is InChI=1S/C14H19NO5/c1-15-6-7-20-13(16)5-4-10-8-11(18-2)14(17)12(9-10)19-3/h4-5,8-9,15,17H,6-7H2,1-3H3. The molecule has 0 atom stereocenters. The molecule has 6 nitrogen and oxygen atoms in total. The van der Waals surface area contributed by atoms with Crippen LogP contribution in [0.4, 0.5) is 0 Å². The Kier molecular flexibility index (Phi) is 6.39. The number of aromatic hydroxyl groups is 1. The average Bonchev–Trinajstić information content (AvgIpc) is 2.46. The van der Waals surface area contributed by atoms with Gasteiger partial charge in [0.15, 0.2) is 11.5 Å². The number of carbonyl (C=O) groups excluding carboxylic acids is 1. The number of likely N-dealkylation sites (N-methyl/N-ethyl adjacent to an activating group) is 1. The first-order chi connectivity index (χ1) is 9.62. The highest BCUT2D eigenvalue weighted by molar-refractivity contribution is 5.87. The van der Waals surface area contributed by atoms with Crippen molar-refractivity contribution in [2.24, 2.45) is 0 Å². The number of phenols is 1. The molecule has 0 unspecified atom stereocenters. The van der Waals surface area contributed by atoms with Crippen LogP contribution in [0.15, 0.2) is 18.2 Å². The zero-order valence-corrected chi connectivity index (χ0v) is 11.8. The normalized spacial score (nSPS) is 10.6. The Hall–Kier alpha value is -2.21. The van der Waals surface area contributed by atoms with Crippen LogP contribution in [0.3, 0.4) is 0 Å². The number of esters is 1. The summed E-state index contributed by atoms with van der Waals surface area (Å²) in [7, 11) is 4.65. The Morgan fingerprint density at radius 3 is 2.40 bits per heavy atom. The molecule has 0 aliphatic rings. The number of hydrogen-bond acceptors (Lipinski definition) is 6. The number of nitrogens with one attached hydrogen (secondary N) is 1. The Balaban J connectivity index is 2.79. The van der Waals surface area contributed by atoms with Crippen LogP contribution in [0.25, 0.3) is 6.08 Å². The van der Waals surface area contributed by atoms with Crippen LogP contribution in [-0.2, 0) is 9.53 Å². The smallest absolute Gasteiger partial charge is 0.330 e. The third-order valence-electron chi connectivity index (χ3n) is 2.51. The zero-order valence-electron chi connectivity index (χ0n) is 11.8. The highest BCUT2D eigenvalue weighted by atomic mass is 16.5. The van der Waals surface area contributed by atoms with Crippen molar-refractivity contribution in [1.29, 1.82) is 0 Å². The van der Waals surface area contributed by atoms with Gasteiger partial charge < -0.3 is 24.6 Å². The van der Waals surface area contributed by atoms with Gasteiger partial charge in [-0.25, -0.2) is 4.79 Å². The van der Waals surface area contributed by atoms with Gasteiger partial charge in [-0.2, -0.15) is 0 Å². The van der Waals surface area contributed by atoms with E-state index in [0.717, 1.165) is 0 Å². The lowest BCUT2D eigenvalue weighted by atomic mass is 10.1. The molecule has 20 heavy (non-hydrogen) atoms. The summed E-state index contributed by atoms with van der Waals surface area (Å²) >= 11 is 0. The molecule has 0 spiro atoms. The van der Waals surface area contributed by atoms with Gasteiger partial charge in [-0.05, 0) is 30.8 Å². The molecular formula is C14H19NO5. The molecule has 2 N–H and O–H groups in total. The van der Waals surface area contributed by atoms with Crippen molar-refractivity contribution >= 4 is 12.0 Å². The lowest BCUT2D eigenvalue weighted by Gasteiger charge is -2.09. The summed E-state index contributed by atoms with van der Waals surface area (Å²) in [4.78, 5) is 11.4. The molecule has 0 saturated carbocycles. The van der Waals surface area contributed by atoms with E-state index in [-0.39, 0.29) is 17.2 Å². The summed E-state index contributed by atoms with van der Waals surface area (Å²) in [6, 6.07) is 3.18. The van der Waals surface area contributed by atoms with Crippen LogP contribution >= 0.6 is 0 Å². The SMILES string of the molecule is CNCCOC(=O)C=Cc1cc(OC)c(O)c(OC)c1. The molecule has 0 heterocycles. The fourth-order valence-corrected chi connectivity index (χ4v) is 1.48. The number of ether oxygens (including phenoxy) is 3. The van der Waals surface area contributed by atoms with E-state index in [9.17, 15) is 9.90 Å². The first-order valence-electron chi connectivity index (χ1n) is 6.06. The number of rotatable bonds is 7. The van der Waals surface area contributed by atoms with Crippen molar-refractivity contribution in [2.45, 2.75) is 0 Å². The van der Waals surface area contributed by atoms with Gasteiger partial charge in [-0.3, -0.25) is 0 Å². The maximum atomic E-state index is 11.4. The second kappa shape index (κ2) is 8.06. The zero-order chi connectivity index (χ0) is 15.0. The van der Waals surface area contributed by atoms with E-state index in [1.54, 1.807) is 25.3 Å². The predicted molar refractivity (Wildman–Crippen MR) is 75.1 cm³/mol. The highest BCUT2D eigenvalue weighted by Crippen LogP contribution is 2.37. The Morgan fingerprint density at radius 2 is 1.90 bits per heavy atom. The monoisotopic (exact) mass is 281 g/mol. The quantitative estimate of drug-likeness (QED) is 0.444. The topological polar surface area (TPSA) is 77.0 Å². The van der Waals surface area contributed by atoms with Crippen molar-refractivity contribution < 1.29 is 24.1 Å². The van der Waals surface area contributed by atoms with E-state index in [1.165, 1.54) is 20.3 Å². The van der Waals surface area contributed by atoms with Crippen LogP contribution in [0.1, 0.15) is 5.56 Å². The van der Waals surface area contributed by atoms with Crippen LogP contribution in [-0.4, -0.2) is 45.5 Å². The highest BCUT2D eigenvalue weighted by Gasteiger charge is 2.10. The van der Waals surface area contributed by atoms with Crippen molar-refractivity contribution in [3.8, 4) is 17.2 Å². The van der Waals surface area contributed by atoms with Gasteiger partial charge in [-0.15, -0.1) is 0 Å². The lowest BCUT2D eigenvalue weighted by Crippen LogP contribution is -2.16. The molecule has 0 aromatic heterocycles. The van der Waals surface area contributed by atoms with Gasteiger partial charge in [0.2, 0.25) is 5.75 Å². The number of benzene rings is 1.